The number of nitrogens with one attached hydrogen (secondary N) is 1. The van der Waals surface area contributed by atoms with E-state index in [4.69, 9.17) is 14.6 Å². The second-order valence-electron chi connectivity index (χ2n) is 3.88. The maximum absolute atomic E-state index is 10.8. The number of fused-ring (bicyclic) bond motifs is 1. The molecular formula is C11H11NO4S. The van der Waals surface area contributed by atoms with Gasteiger partial charge in [0.2, 0.25) is 6.79 Å². The van der Waals surface area contributed by atoms with Gasteiger partial charge in [-0.05, 0) is 17.7 Å². The van der Waals surface area contributed by atoms with Crippen LogP contribution in [0.4, 0.5) is 0 Å². The van der Waals surface area contributed by atoms with Crippen molar-refractivity contribution in [2.24, 2.45) is 0 Å². The summed E-state index contributed by atoms with van der Waals surface area (Å²) in [7, 11) is 0. The summed E-state index contributed by atoms with van der Waals surface area (Å²) in [6, 6.07) is 5.21. The summed E-state index contributed by atoms with van der Waals surface area (Å²) in [4.78, 5) is 10.8. The van der Waals surface area contributed by atoms with Gasteiger partial charge in [0, 0.05) is 5.75 Å². The summed E-state index contributed by atoms with van der Waals surface area (Å²) in [6.45, 7) is 0.252. The molecule has 17 heavy (non-hydrogen) atoms. The average Bonchev–Trinajstić information content (AvgIpc) is 2.97. The summed E-state index contributed by atoms with van der Waals surface area (Å²) in [5.41, 5.74) is 1.02. The summed E-state index contributed by atoms with van der Waals surface area (Å²) in [6.07, 6.45) is 0. The van der Waals surface area contributed by atoms with Crippen LogP contribution < -0.4 is 14.8 Å². The molecule has 1 aromatic carbocycles. The van der Waals surface area contributed by atoms with E-state index in [9.17, 15) is 4.79 Å². The van der Waals surface area contributed by atoms with Crippen LogP contribution in [0.3, 0.4) is 0 Å². The van der Waals surface area contributed by atoms with Gasteiger partial charge in [-0.2, -0.15) is 0 Å². The summed E-state index contributed by atoms with van der Waals surface area (Å²) in [5, 5.41) is 12.0. The lowest BCUT2D eigenvalue weighted by Gasteiger charge is -2.11. The maximum atomic E-state index is 10.8. The van der Waals surface area contributed by atoms with Crippen molar-refractivity contribution in [3.05, 3.63) is 23.8 Å². The molecule has 0 unspecified atom stereocenters. The number of carboxylic acids is 1. The Hall–Kier alpha value is -1.40. The monoisotopic (exact) mass is 253 g/mol. The molecule has 2 heterocycles. The second kappa shape index (κ2) is 4.12. The lowest BCUT2D eigenvalue weighted by atomic mass is 10.2. The number of ether oxygens (including phenoxy) is 2. The van der Waals surface area contributed by atoms with Crippen LogP contribution in [0.5, 0.6) is 11.5 Å². The topological polar surface area (TPSA) is 67.8 Å². The van der Waals surface area contributed by atoms with Crippen molar-refractivity contribution in [3.63, 3.8) is 0 Å². The molecule has 2 aliphatic heterocycles. The quantitative estimate of drug-likeness (QED) is 0.825. The minimum Gasteiger partial charge on any atom is -0.480 e. The standard InChI is InChI=1S/C11H11NO4S/c13-11(14)7-4-17-10(12-7)6-1-2-8-9(3-6)16-5-15-8/h1-3,7,10,12H,4-5H2,(H,13,14)/t7-,10-/m1/s1. The van der Waals surface area contributed by atoms with Crippen LogP contribution in [0.15, 0.2) is 18.2 Å². The molecule has 5 nitrogen and oxygen atoms in total. The van der Waals surface area contributed by atoms with Crippen molar-refractivity contribution in [2.75, 3.05) is 12.5 Å². The molecular weight excluding hydrogens is 242 g/mol. The zero-order valence-corrected chi connectivity index (χ0v) is 9.70. The van der Waals surface area contributed by atoms with Crippen LogP contribution in [-0.4, -0.2) is 29.7 Å². The Balaban J connectivity index is 1.79. The van der Waals surface area contributed by atoms with Gasteiger partial charge < -0.3 is 14.6 Å². The van der Waals surface area contributed by atoms with Gasteiger partial charge in [0.1, 0.15) is 6.04 Å². The van der Waals surface area contributed by atoms with Crippen molar-refractivity contribution in [2.45, 2.75) is 11.4 Å². The van der Waals surface area contributed by atoms with Gasteiger partial charge in [0.25, 0.3) is 0 Å². The highest BCUT2D eigenvalue weighted by molar-refractivity contribution is 7.99. The van der Waals surface area contributed by atoms with E-state index in [-0.39, 0.29) is 12.2 Å². The molecule has 0 saturated carbocycles. The van der Waals surface area contributed by atoms with Crippen molar-refractivity contribution < 1.29 is 19.4 Å². The van der Waals surface area contributed by atoms with E-state index in [1.807, 2.05) is 18.2 Å². The maximum Gasteiger partial charge on any atom is 0.321 e. The Labute approximate surface area is 102 Å². The first-order chi connectivity index (χ1) is 8.24. The molecule has 6 heteroatoms. The highest BCUT2D eigenvalue weighted by Crippen LogP contribution is 2.39. The highest BCUT2D eigenvalue weighted by atomic mass is 32.2. The molecule has 0 amide bonds. The number of aliphatic carboxylic acids is 1. The fourth-order valence-electron chi connectivity index (χ4n) is 1.88. The molecule has 0 radical (unpaired) electrons. The summed E-state index contributed by atoms with van der Waals surface area (Å²) in [5.74, 6) is 1.24. The molecule has 1 aromatic rings. The molecule has 90 valence electrons. The Morgan fingerprint density at radius 2 is 2.24 bits per heavy atom. The van der Waals surface area contributed by atoms with Gasteiger partial charge in [-0.1, -0.05) is 6.07 Å². The fraction of sp³-hybridized carbons (Fsp3) is 0.364. The van der Waals surface area contributed by atoms with Crippen molar-refractivity contribution in [3.8, 4) is 11.5 Å². The first kappa shape index (κ1) is 10.7. The van der Waals surface area contributed by atoms with Gasteiger partial charge in [-0.15, -0.1) is 11.8 Å². The molecule has 1 fully saturated rings. The van der Waals surface area contributed by atoms with Crippen LogP contribution in [0.1, 0.15) is 10.9 Å². The van der Waals surface area contributed by atoms with Gasteiger partial charge >= 0.3 is 5.97 Å². The van der Waals surface area contributed by atoms with Gasteiger partial charge in [-0.3, -0.25) is 10.1 Å². The van der Waals surface area contributed by atoms with Crippen molar-refractivity contribution in [1.29, 1.82) is 0 Å². The van der Waals surface area contributed by atoms with E-state index in [1.54, 1.807) is 11.8 Å². The van der Waals surface area contributed by atoms with E-state index in [0.29, 0.717) is 5.75 Å². The van der Waals surface area contributed by atoms with Gasteiger partial charge in [-0.25, -0.2) is 0 Å². The smallest absolute Gasteiger partial charge is 0.321 e. The van der Waals surface area contributed by atoms with E-state index >= 15 is 0 Å². The zero-order chi connectivity index (χ0) is 11.8. The van der Waals surface area contributed by atoms with E-state index in [0.717, 1.165) is 17.1 Å². The second-order valence-corrected chi connectivity index (χ2v) is 5.02. The number of carboxylic acid groups (broad SMARTS) is 1. The molecule has 3 rings (SSSR count). The van der Waals surface area contributed by atoms with Crippen LogP contribution in [0.2, 0.25) is 0 Å². The largest absolute Gasteiger partial charge is 0.480 e. The number of rotatable bonds is 2. The first-order valence-electron chi connectivity index (χ1n) is 5.24. The van der Waals surface area contributed by atoms with E-state index in [1.165, 1.54) is 0 Å². The lowest BCUT2D eigenvalue weighted by molar-refractivity contribution is -0.138. The average molecular weight is 253 g/mol. The van der Waals surface area contributed by atoms with Gasteiger partial charge in [0.05, 0.1) is 5.37 Å². The van der Waals surface area contributed by atoms with Crippen LogP contribution in [0.25, 0.3) is 0 Å². The third-order valence-electron chi connectivity index (χ3n) is 2.78. The third kappa shape index (κ3) is 1.94. The highest BCUT2D eigenvalue weighted by Gasteiger charge is 2.31. The van der Waals surface area contributed by atoms with Crippen LogP contribution in [0, 0.1) is 0 Å². The van der Waals surface area contributed by atoms with E-state index in [2.05, 4.69) is 5.32 Å². The molecule has 0 aliphatic carbocycles. The van der Waals surface area contributed by atoms with Gasteiger partial charge in [0.15, 0.2) is 11.5 Å². The number of benzene rings is 1. The molecule has 2 aliphatic rings. The molecule has 2 atom stereocenters. The summed E-state index contributed by atoms with van der Waals surface area (Å²) < 4.78 is 10.5. The molecule has 0 bridgehead atoms. The predicted octanol–water partition coefficient (Wildman–Crippen LogP) is 1.20. The fourth-order valence-corrected chi connectivity index (χ4v) is 3.11. The normalized spacial score (nSPS) is 26.1. The van der Waals surface area contributed by atoms with Crippen molar-refractivity contribution >= 4 is 17.7 Å². The minimum atomic E-state index is -0.805. The molecule has 0 aromatic heterocycles. The van der Waals surface area contributed by atoms with Crippen LogP contribution in [-0.2, 0) is 4.79 Å². The number of hydrogen-bond acceptors (Lipinski definition) is 5. The molecule has 0 spiro atoms. The molecule has 1 saturated heterocycles. The SMILES string of the molecule is O=C(O)[C@H]1CS[C@H](c2ccc3c(c2)OCO3)N1. The van der Waals surface area contributed by atoms with Crippen molar-refractivity contribution in [1.82, 2.24) is 5.32 Å². The molecule has 2 N–H and O–H groups in total. The Bertz CT molecular complexity index is 465. The Morgan fingerprint density at radius 1 is 1.41 bits per heavy atom. The minimum absolute atomic E-state index is 0.00519. The lowest BCUT2D eigenvalue weighted by Crippen LogP contribution is -2.33. The Morgan fingerprint density at radius 3 is 3.00 bits per heavy atom. The summed E-state index contributed by atoms with van der Waals surface area (Å²) >= 11 is 1.59. The first-order valence-corrected chi connectivity index (χ1v) is 6.29. The number of hydrogen-bond donors (Lipinski definition) is 2. The zero-order valence-electron chi connectivity index (χ0n) is 8.88. The Kier molecular flexibility index (Phi) is 2.60. The predicted molar refractivity (Wildman–Crippen MR) is 62.3 cm³/mol. The van der Waals surface area contributed by atoms with E-state index < -0.39 is 12.0 Å². The number of carbonyl (C=O) groups is 1. The number of thioether (sulfide) groups is 1. The third-order valence-corrected chi connectivity index (χ3v) is 4.05. The van der Waals surface area contributed by atoms with Crippen LogP contribution >= 0.6 is 11.8 Å².